The van der Waals surface area contributed by atoms with Gasteiger partial charge in [-0.2, -0.15) is 42.1 Å². The summed E-state index contributed by atoms with van der Waals surface area (Å²) in [4.78, 5) is 0.933. The van der Waals surface area contributed by atoms with Crippen LogP contribution in [0.5, 0.6) is 0 Å². The molecule has 5 unspecified atom stereocenters. The average molecular weight is 1550 g/mol. The first-order chi connectivity index (χ1) is 41.3. The fourth-order valence-corrected chi connectivity index (χ4v) is 7.93. The highest BCUT2D eigenvalue weighted by molar-refractivity contribution is 7.91. The summed E-state index contributed by atoms with van der Waals surface area (Å²) in [5, 5.41) is 2.03. The van der Waals surface area contributed by atoms with Crippen molar-refractivity contribution in [3.05, 3.63) is 83.6 Å². The van der Waals surface area contributed by atoms with Gasteiger partial charge in [-0.25, -0.2) is 37.9 Å². The van der Waals surface area contributed by atoms with Crippen LogP contribution >= 0.6 is 0 Å². The van der Waals surface area contributed by atoms with Gasteiger partial charge in [-0.3, -0.25) is 41.8 Å². The quantitative estimate of drug-likeness (QED) is 0.0960. The second-order valence-electron chi connectivity index (χ2n) is 15.2. The van der Waals surface area contributed by atoms with E-state index in [1.54, 1.807) is 100 Å². The fourth-order valence-electron chi connectivity index (χ4n) is 3.27. The summed E-state index contributed by atoms with van der Waals surface area (Å²) in [7, 11) is -21.8. The van der Waals surface area contributed by atoms with Crippen LogP contribution in [0, 0.1) is 13.8 Å². The van der Waals surface area contributed by atoms with E-state index in [1.807, 2.05) is 45.0 Å². The Bertz CT molecular complexity index is 2880. The summed E-state index contributed by atoms with van der Waals surface area (Å²) in [6.45, 7) is 34.1. The Morgan fingerprint density at radius 2 is 0.626 bits per heavy atom. The molecule has 0 aliphatic heterocycles. The minimum atomic E-state index is -3.53. The third kappa shape index (κ3) is 119. The van der Waals surface area contributed by atoms with Crippen LogP contribution in [0.2, 0.25) is 0 Å². The highest BCUT2D eigenvalue weighted by Gasteiger charge is 2.13. The lowest BCUT2D eigenvalue weighted by Crippen LogP contribution is -2.05. The van der Waals surface area contributed by atoms with Crippen molar-refractivity contribution in [3.63, 3.8) is 0 Å². The van der Waals surface area contributed by atoms with E-state index >= 15 is 0 Å². The van der Waals surface area contributed by atoms with Crippen LogP contribution in [0.25, 0.3) is 0 Å². The molecule has 2 aromatic carbocycles. The van der Waals surface area contributed by atoms with Gasteiger partial charge in [0, 0.05) is 48.2 Å². The van der Waals surface area contributed by atoms with Gasteiger partial charge in [-0.05, 0) is 107 Å². The van der Waals surface area contributed by atoms with E-state index in [0.29, 0.717) is 33.0 Å². The first-order valence-corrected chi connectivity index (χ1v) is 45.5. The van der Waals surface area contributed by atoms with Gasteiger partial charge in [-0.15, -0.1) is 0 Å². The predicted octanol–water partition coefficient (Wildman–Crippen LogP) is 6.10. The summed E-state index contributed by atoms with van der Waals surface area (Å²) < 4.78 is 239. The molecule has 0 bridgehead atoms. The molecule has 5 atom stereocenters. The van der Waals surface area contributed by atoms with Gasteiger partial charge in [0.2, 0.25) is 0 Å². The van der Waals surface area contributed by atoms with Crippen molar-refractivity contribution in [1.82, 2.24) is 0 Å². The van der Waals surface area contributed by atoms with E-state index in [1.165, 1.54) is 36.7 Å². The molecule has 0 spiro atoms. The summed E-state index contributed by atoms with van der Waals surface area (Å²) >= 11 is -5.75. The monoisotopic (exact) mass is 1550 g/mol. The van der Waals surface area contributed by atoms with E-state index in [4.69, 9.17) is 4.18 Å². The highest BCUT2D eigenvalue weighted by atomic mass is 32.2. The van der Waals surface area contributed by atoms with E-state index in [0.717, 1.165) is 40.2 Å². The number of sulfone groups is 2. The Hall–Kier alpha value is -2.08. The molecule has 0 radical (unpaired) electrons. The molecule has 0 aliphatic rings. The lowest BCUT2D eigenvalue weighted by Gasteiger charge is -2.02. The topological polar surface area (TPSA) is 417 Å². The molecule has 0 heterocycles. The number of rotatable bonds is 26. The van der Waals surface area contributed by atoms with Gasteiger partial charge in [0.25, 0.3) is 50.6 Å². The van der Waals surface area contributed by atoms with Crippen LogP contribution in [0.1, 0.15) is 94.2 Å². The molecule has 0 amide bonds. The molecule has 0 saturated heterocycles. The van der Waals surface area contributed by atoms with Gasteiger partial charge >= 0.3 is 0 Å². The third-order valence-electron chi connectivity index (χ3n) is 6.77. The fraction of sp³-hybridized carbons (Fsp3) is 0.680. The van der Waals surface area contributed by atoms with Crippen molar-refractivity contribution in [2.45, 2.75) is 107 Å². The molecule has 550 valence electrons. The molecule has 0 aromatic heterocycles. The van der Waals surface area contributed by atoms with E-state index in [2.05, 4.69) is 50.8 Å². The Morgan fingerprint density at radius 3 is 0.769 bits per heavy atom. The number of benzene rings is 2. The summed E-state index contributed by atoms with van der Waals surface area (Å²) in [6.07, 6.45) is 10.0. The Labute approximate surface area is 561 Å². The largest absolute Gasteiger partial charge is 0.296 e. The summed E-state index contributed by atoms with van der Waals surface area (Å²) in [5.74, 6) is 0.486. The van der Waals surface area contributed by atoms with Crippen LogP contribution in [-0.4, -0.2) is 208 Å². The molecular formula is C50H104O29S12. The normalized spacial score (nSPS) is 12.4. The second kappa shape index (κ2) is 67.9. The van der Waals surface area contributed by atoms with Crippen molar-refractivity contribution in [3.8, 4) is 0 Å². The molecule has 2 rings (SSSR count). The lowest BCUT2D eigenvalue weighted by atomic mass is 10.2. The van der Waals surface area contributed by atoms with E-state index < -0.39 is 126 Å². The van der Waals surface area contributed by atoms with Crippen LogP contribution in [0.4, 0.5) is 0 Å². The maximum Gasteiger partial charge on any atom is 0.296 e. The van der Waals surface area contributed by atoms with Crippen LogP contribution in [-0.2, 0) is 167 Å². The Balaban J connectivity index is -0.0000000995. The Kier molecular flexibility index (Phi) is 82.3. The first-order valence-electron chi connectivity index (χ1n) is 26.4. The summed E-state index contributed by atoms with van der Waals surface area (Å²) in [6, 6.07) is 14.1. The number of aryl methyl sites for hydroxylation is 2. The zero-order valence-electron chi connectivity index (χ0n) is 56.4. The van der Waals surface area contributed by atoms with Gasteiger partial charge in [0.15, 0.2) is 55.4 Å². The molecule has 0 N–H and O–H groups in total. The van der Waals surface area contributed by atoms with Crippen molar-refractivity contribution in [2.24, 2.45) is 0 Å². The minimum absolute atomic E-state index is 0.161. The molecule has 29 nitrogen and oxygen atoms in total. The molecular weight excluding hydrogens is 1450 g/mol. The number of hydrogen-bond acceptors (Lipinski definition) is 29. The summed E-state index contributed by atoms with van der Waals surface area (Å²) in [5.41, 5.74) is 2.18. The number of hydrogen-bond donors (Lipinski definition) is 0. The Morgan fingerprint density at radius 1 is 0.374 bits per heavy atom. The van der Waals surface area contributed by atoms with E-state index in [-0.39, 0.29) is 49.4 Å². The molecule has 2 aromatic rings. The van der Waals surface area contributed by atoms with Crippen molar-refractivity contribution in [2.75, 3.05) is 128 Å². The van der Waals surface area contributed by atoms with Crippen molar-refractivity contribution in [1.29, 1.82) is 0 Å². The zero-order valence-corrected chi connectivity index (χ0v) is 66.2. The third-order valence-corrected chi connectivity index (χ3v) is 16.8. The molecule has 41 heteroatoms. The van der Waals surface area contributed by atoms with Crippen molar-refractivity contribution < 1.29 is 122 Å². The van der Waals surface area contributed by atoms with Gasteiger partial charge in [0.1, 0.15) is 19.7 Å². The molecule has 0 fully saturated rings. The van der Waals surface area contributed by atoms with Crippen molar-refractivity contribution >= 4 is 126 Å². The highest BCUT2D eigenvalue weighted by Crippen LogP contribution is 2.13. The predicted molar refractivity (Wildman–Crippen MR) is 367 cm³/mol. The zero-order chi connectivity index (χ0) is 74.3. The maximum atomic E-state index is 11.3. The van der Waals surface area contributed by atoms with Crippen LogP contribution in [0.15, 0.2) is 82.3 Å². The first kappa shape index (κ1) is 110. The van der Waals surface area contributed by atoms with Gasteiger partial charge in [0.05, 0.1) is 100 Å². The molecule has 0 aliphatic carbocycles. The standard InChI is InChI=1S/C9H12O3S.C9H12O2S.C4H8O3S.C4H8O2S.3C3H8O3S.5C3H8O2S/c1-3-12-13(10,11)9-6-4-8(2)5-7-9;1-3-11-12(10)9-6-4-8(2)5-7-9;1-3-7-8(5,6)4-2;1-3-6-7(5)4-2;3*1-3-6-7(2,4)5;2*1-3-6(2,4)5;3*1-3-5-6(2)4/h4-7H,3H2,1-2H3;4-7H,3H2,1-2H3;4H,2-3H2,1H3;4H,2-3H2,1H3;3*3H2,1-2H3;5*3H2,1-2H3. The minimum Gasteiger partial charge on any atom is -0.291 e. The van der Waals surface area contributed by atoms with Crippen LogP contribution < -0.4 is 0 Å². The second-order valence-corrected chi connectivity index (χ2v) is 33.6. The SMILES string of the molecule is C=CS(=O)(=O)OCC.C=CS(=O)OCC.CCOS(=O)(=O)c1ccc(C)cc1.CCOS(=O)c1ccc(C)cc1.CCOS(C)(=O)=O.CCOS(C)(=O)=O.CCOS(C)(=O)=O.CCOS(C)=O.CCOS(C)=O.CCOS(C)=O.CCS(C)(=O)=O.CCS(C)(=O)=O. The van der Waals surface area contributed by atoms with Gasteiger partial charge in [-0.1, -0.05) is 62.4 Å². The average Bonchev–Trinajstić information content (AvgIpc) is 2.73. The lowest BCUT2D eigenvalue weighted by molar-refractivity contribution is 0.337. The van der Waals surface area contributed by atoms with Gasteiger partial charge < -0.3 is 0 Å². The van der Waals surface area contributed by atoms with E-state index in [9.17, 15) is 80.0 Å². The molecule has 0 saturated carbocycles. The molecule has 91 heavy (non-hydrogen) atoms. The van der Waals surface area contributed by atoms with Crippen LogP contribution in [0.3, 0.4) is 0 Å². The smallest absolute Gasteiger partial charge is 0.291 e. The maximum absolute atomic E-state index is 11.3.